The summed E-state index contributed by atoms with van der Waals surface area (Å²) < 4.78 is 5.58. The van der Waals surface area contributed by atoms with Crippen LogP contribution in [-0.2, 0) is 9.59 Å². The van der Waals surface area contributed by atoms with Crippen LogP contribution in [0.4, 0.5) is 5.69 Å². The topological polar surface area (TPSA) is 95.9 Å². The van der Waals surface area contributed by atoms with Crippen molar-refractivity contribution in [3.63, 3.8) is 0 Å². The van der Waals surface area contributed by atoms with Gasteiger partial charge in [-0.05, 0) is 68.0 Å². The van der Waals surface area contributed by atoms with E-state index in [9.17, 15) is 19.5 Å². The number of benzene rings is 2. The molecule has 0 radical (unpaired) electrons. The fourth-order valence-corrected chi connectivity index (χ4v) is 3.03. The molecule has 0 bridgehead atoms. The molecule has 2 N–H and O–H groups in total. The van der Waals surface area contributed by atoms with Gasteiger partial charge in [-0.25, -0.2) is 4.79 Å². The molecular formula is C21H18N2O5S. The Morgan fingerprint density at radius 1 is 1.17 bits per heavy atom. The van der Waals surface area contributed by atoms with Gasteiger partial charge < -0.3 is 9.84 Å². The van der Waals surface area contributed by atoms with Crippen LogP contribution in [0.15, 0.2) is 54.1 Å². The quantitative estimate of drug-likeness (QED) is 0.447. The van der Waals surface area contributed by atoms with Crippen molar-refractivity contribution >= 4 is 46.9 Å². The van der Waals surface area contributed by atoms with E-state index in [0.29, 0.717) is 11.3 Å². The number of thiocarbonyl (C=S) groups is 1. The van der Waals surface area contributed by atoms with Crippen molar-refractivity contribution in [1.29, 1.82) is 0 Å². The van der Waals surface area contributed by atoms with Crippen molar-refractivity contribution in [3.8, 4) is 5.75 Å². The highest BCUT2D eigenvalue weighted by Crippen LogP contribution is 2.24. The number of carboxylic acid groups (broad SMARTS) is 1. The first-order valence-electron chi connectivity index (χ1n) is 8.78. The molecule has 7 nitrogen and oxygen atoms in total. The molecule has 0 aliphatic carbocycles. The molecule has 1 heterocycles. The van der Waals surface area contributed by atoms with E-state index in [1.165, 1.54) is 24.3 Å². The number of anilines is 1. The van der Waals surface area contributed by atoms with Crippen molar-refractivity contribution in [2.45, 2.75) is 20.0 Å². The Kier molecular flexibility index (Phi) is 5.74. The Labute approximate surface area is 172 Å². The van der Waals surface area contributed by atoms with E-state index in [1.54, 1.807) is 30.3 Å². The van der Waals surface area contributed by atoms with Crippen molar-refractivity contribution in [3.05, 3.63) is 65.2 Å². The third-order valence-corrected chi connectivity index (χ3v) is 4.30. The largest absolute Gasteiger partial charge is 0.491 e. The van der Waals surface area contributed by atoms with E-state index >= 15 is 0 Å². The lowest BCUT2D eigenvalue weighted by Gasteiger charge is -2.29. The van der Waals surface area contributed by atoms with Crippen LogP contribution in [0.5, 0.6) is 5.75 Å². The van der Waals surface area contributed by atoms with Gasteiger partial charge in [0.2, 0.25) is 0 Å². The Hall–Kier alpha value is -3.52. The van der Waals surface area contributed by atoms with Gasteiger partial charge in [-0.2, -0.15) is 0 Å². The van der Waals surface area contributed by atoms with Crippen LogP contribution in [0.2, 0.25) is 0 Å². The van der Waals surface area contributed by atoms with Gasteiger partial charge in [0.25, 0.3) is 11.8 Å². The minimum absolute atomic E-state index is 0.00118. The third-order valence-electron chi connectivity index (χ3n) is 4.02. The lowest BCUT2D eigenvalue weighted by atomic mass is 10.1. The highest BCUT2D eigenvalue weighted by molar-refractivity contribution is 7.80. The fourth-order valence-electron chi connectivity index (χ4n) is 2.75. The molecule has 0 spiro atoms. The molecule has 1 fully saturated rings. The highest BCUT2D eigenvalue weighted by Gasteiger charge is 2.34. The second-order valence-corrected chi connectivity index (χ2v) is 6.94. The van der Waals surface area contributed by atoms with Gasteiger partial charge in [0, 0.05) is 0 Å². The lowest BCUT2D eigenvalue weighted by Crippen LogP contribution is -2.54. The Balaban J connectivity index is 1.93. The summed E-state index contributed by atoms with van der Waals surface area (Å²) in [6.07, 6.45) is 1.48. The second-order valence-electron chi connectivity index (χ2n) is 6.55. The maximum atomic E-state index is 13.0. The van der Waals surface area contributed by atoms with E-state index < -0.39 is 17.8 Å². The Morgan fingerprint density at radius 3 is 2.48 bits per heavy atom. The zero-order chi connectivity index (χ0) is 21.1. The molecule has 2 aromatic carbocycles. The molecule has 0 aromatic heterocycles. The molecule has 3 rings (SSSR count). The monoisotopic (exact) mass is 410 g/mol. The van der Waals surface area contributed by atoms with Gasteiger partial charge in [-0.15, -0.1) is 0 Å². The average molecular weight is 410 g/mol. The van der Waals surface area contributed by atoms with Gasteiger partial charge in [-0.1, -0.05) is 18.2 Å². The second kappa shape index (κ2) is 8.24. The molecule has 0 unspecified atom stereocenters. The number of carbonyl (C=O) groups is 3. The summed E-state index contributed by atoms with van der Waals surface area (Å²) in [5.41, 5.74) is 0.774. The number of carbonyl (C=O) groups excluding carboxylic acids is 2. The molecule has 1 aliphatic rings. The van der Waals surface area contributed by atoms with Crippen molar-refractivity contribution in [1.82, 2.24) is 5.32 Å². The van der Waals surface area contributed by atoms with Gasteiger partial charge in [0.15, 0.2) is 5.11 Å². The lowest BCUT2D eigenvalue weighted by molar-refractivity contribution is -0.122. The number of nitrogens with zero attached hydrogens (tertiary/aromatic N) is 1. The van der Waals surface area contributed by atoms with Crippen molar-refractivity contribution in [2.75, 3.05) is 4.90 Å². The van der Waals surface area contributed by atoms with E-state index in [4.69, 9.17) is 17.0 Å². The smallest absolute Gasteiger partial charge is 0.335 e. The molecule has 2 amide bonds. The highest BCUT2D eigenvalue weighted by atomic mass is 32.1. The number of carboxylic acids is 1. The number of hydrogen-bond acceptors (Lipinski definition) is 5. The first kappa shape index (κ1) is 20.2. The van der Waals surface area contributed by atoms with Crippen LogP contribution in [-0.4, -0.2) is 34.1 Å². The molecule has 29 heavy (non-hydrogen) atoms. The zero-order valence-corrected chi connectivity index (χ0v) is 16.5. The molecule has 148 valence electrons. The van der Waals surface area contributed by atoms with E-state index in [-0.39, 0.29) is 28.0 Å². The van der Waals surface area contributed by atoms with Gasteiger partial charge in [-0.3, -0.25) is 19.8 Å². The Bertz CT molecular complexity index is 1030. The number of aromatic carboxylic acids is 1. The molecular weight excluding hydrogens is 392 g/mol. The van der Waals surface area contributed by atoms with E-state index in [1.807, 2.05) is 13.8 Å². The van der Waals surface area contributed by atoms with Gasteiger partial charge in [0.1, 0.15) is 11.3 Å². The normalized spacial score (nSPS) is 15.6. The first-order valence-corrected chi connectivity index (χ1v) is 9.18. The summed E-state index contributed by atoms with van der Waals surface area (Å²) in [7, 11) is 0. The zero-order valence-electron chi connectivity index (χ0n) is 15.7. The van der Waals surface area contributed by atoms with Crippen LogP contribution < -0.4 is 15.0 Å². The molecule has 1 aliphatic heterocycles. The van der Waals surface area contributed by atoms with Crippen LogP contribution >= 0.6 is 12.2 Å². The summed E-state index contributed by atoms with van der Waals surface area (Å²) in [4.78, 5) is 37.7. The summed E-state index contributed by atoms with van der Waals surface area (Å²) in [5.74, 6) is -1.71. The number of amides is 2. The molecule has 0 saturated carbocycles. The summed E-state index contributed by atoms with van der Waals surface area (Å²) in [5, 5.41) is 11.5. The van der Waals surface area contributed by atoms with Gasteiger partial charge >= 0.3 is 5.97 Å². The molecule has 2 aromatic rings. The number of hydrogen-bond donors (Lipinski definition) is 2. The number of rotatable bonds is 5. The molecule has 8 heteroatoms. The number of ether oxygens (including phenoxy) is 1. The van der Waals surface area contributed by atoms with E-state index in [0.717, 1.165) is 4.90 Å². The van der Waals surface area contributed by atoms with Crippen LogP contribution in [0.3, 0.4) is 0 Å². The Morgan fingerprint density at radius 2 is 1.86 bits per heavy atom. The van der Waals surface area contributed by atoms with Crippen molar-refractivity contribution in [2.24, 2.45) is 0 Å². The van der Waals surface area contributed by atoms with Crippen LogP contribution in [0.1, 0.15) is 29.8 Å². The van der Waals surface area contributed by atoms with Crippen LogP contribution in [0, 0.1) is 0 Å². The molecule has 0 atom stereocenters. The van der Waals surface area contributed by atoms with Crippen LogP contribution in [0.25, 0.3) is 6.08 Å². The summed E-state index contributed by atoms with van der Waals surface area (Å²) in [6, 6.07) is 12.7. The predicted octanol–water partition coefficient (Wildman–Crippen LogP) is 3.00. The summed E-state index contributed by atoms with van der Waals surface area (Å²) in [6.45, 7) is 3.83. The maximum Gasteiger partial charge on any atom is 0.335 e. The first-order chi connectivity index (χ1) is 13.8. The minimum atomic E-state index is -1.13. The fraction of sp³-hybridized carbons (Fsp3) is 0.143. The average Bonchev–Trinajstić information content (AvgIpc) is 2.66. The van der Waals surface area contributed by atoms with E-state index in [2.05, 4.69) is 5.32 Å². The van der Waals surface area contributed by atoms with Gasteiger partial charge in [0.05, 0.1) is 17.4 Å². The maximum absolute atomic E-state index is 13.0. The van der Waals surface area contributed by atoms with Crippen molar-refractivity contribution < 1.29 is 24.2 Å². The SMILES string of the molecule is CC(C)Oc1ccc(C=C2C(=O)NC(=S)N(c3cccc(C(=O)O)c3)C2=O)cc1. The standard InChI is InChI=1S/C21H18N2O5S/c1-12(2)28-16-8-6-13(7-9-16)10-17-18(24)22-21(29)23(19(17)25)15-5-3-4-14(11-15)20(26)27/h3-12H,1-2H3,(H,26,27)(H,22,24,29). The molecule has 1 saturated heterocycles. The summed E-state index contributed by atoms with van der Waals surface area (Å²) >= 11 is 5.13. The number of nitrogens with one attached hydrogen (secondary N) is 1. The third kappa shape index (κ3) is 4.49. The predicted molar refractivity (Wildman–Crippen MR) is 112 cm³/mol. The minimum Gasteiger partial charge on any atom is -0.491 e.